The first-order valence-corrected chi connectivity index (χ1v) is 10.9. The van der Waals surface area contributed by atoms with E-state index in [1.54, 1.807) is 0 Å². The monoisotopic (exact) mass is 432 g/mol. The second kappa shape index (κ2) is 7.17. The van der Waals surface area contributed by atoms with Crippen molar-refractivity contribution in [3.05, 3.63) is 59.6 Å². The van der Waals surface area contributed by atoms with Gasteiger partial charge in [-0.3, -0.25) is 9.44 Å². The van der Waals surface area contributed by atoms with Gasteiger partial charge in [-0.05, 0) is 42.5 Å². The van der Waals surface area contributed by atoms with Gasteiger partial charge >= 0.3 is 0 Å². The molecule has 0 aliphatic rings. The van der Waals surface area contributed by atoms with Crippen LogP contribution in [0.3, 0.4) is 0 Å². The van der Waals surface area contributed by atoms with Gasteiger partial charge < -0.3 is 0 Å². The molecule has 2 aromatic carbocycles. The fourth-order valence-electron chi connectivity index (χ4n) is 1.95. The maximum absolute atomic E-state index is 13.2. The lowest BCUT2D eigenvalue weighted by Crippen LogP contribution is -2.15. The van der Waals surface area contributed by atoms with E-state index in [-0.39, 0.29) is 15.7 Å². The van der Waals surface area contributed by atoms with Crippen LogP contribution in [0.1, 0.15) is 0 Å². The number of nitrogens with zero attached hydrogens (tertiary/aromatic N) is 2. The second-order valence-corrected chi connectivity index (χ2v) is 9.25. The summed E-state index contributed by atoms with van der Waals surface area (Å²) in [6.07, 6.45) is 0. The number of sulfonamides is 2. The molecule has 13 heteroatoms. The molecule has 2 N–H and O–H groups in total. The largest absolute Gasteiger partial charge is 0.280 e. The summed E-state index contributed by atoms with van der Waals surface area (Å²) in [5.74, 6) is -2.48. The molecule has 0 bridgehead atoms. The van der Waals surface area contributed by atoms with Gasteiger partial charge in [0.05, 0.1) is 9.79 Å². The molecule has 1 heterocycles. The number of hydrogen-bond acceptors (Lipinski definition) is 7. The molecule has 1 aromatic heterocycles. The summed E-state index contributed by atoms with van der Waals surface area (Å²) in [5, 5.41) is 7.16. The third kappa shape index (κ3) is 4.37. The van der Waals surface area contributed by atoms with E-state index in [2.05, 4.69) is 19.6 Å². The summed E-state index contributed by atoms with van der Waals surface area (Å²) in [4.78, 5) is -0.607. The lowest BCUT2D eigenvalue weighted by atomic mass is 10.3. The zero-order valence-electron chi connectivity index (χ0n) is 13.1. The fourth-order valence-corrected chi connectivity index (χ4v) is 4.71. The minimum Gasteiger partial charge on any atom is -0.280 e. The molecule has 0 spiro atoms. The van der Waals surface area contributed by atoms with Crippen LogP contribution >= 0.6 is 11.3 Å². The summed E-state index contributed by atoms with van der Waals surface area (Å²) in [6, 6.07) is 6.92. The van der Waals surface area contributed by atoms with Gasteiger partial charge in [0.2, 0.25) is 5.13 Å². The minimum absolute atomic E-state index is 0.0367. The molecule has 0 unspecified atom stereocenters. The van der Waals surface area contributed by atoms with Crippen molar-refractivity contribution in [1.29, 1.82) is 0 Å². The van der Waals surface area contributed by atoms with Crippen molar-refractivity contribution in [3.8, 4) is 0 Å². The summed E-state index contributed by atoms with van der Waals surface area (Å²) < 4.78 is 79.4. The molecule has 0 radical (unpaired) electrons. The molecule has 0 fully saturated rings. The standard InChI is InChI=1S/C14H10F2N4O4S3/c15-12-6-5-11(7-13(12)16)27(23,24)19-9-1-3-10(4-2-9)26(21,22)20-14-18-17-8-25-14/h1-8,19H,(H,18,20). The average molecular weight is 432 g/mol. The Balaban J connectivity index is 1.80. The van der Waals surface area contributed by atoms with Crippen LogP contribution in [-0.2, 0) is 20.0 Å². The van der Waals surface area contributed by atoms with Gasteiger partial charge in [0.25, 0.3) is 20.0 Å². The van der Waals surface area contributed by atoms with E-state index in [0.29, 0.717) is 12.1 Å². The molecule has 0 aliphatic heterocycles. The molecular weight excluding hydrogens is 422 g/mol. The van der Waals surface area contributed by atoms with Crippen LogP contribution in [0.15, 0.2) is 57.8 Å². The number of anilines is 2. The number of benzene rings is 2. The van der Waals surface area contributed by atoms with Gasteiger partial charge in [0.1, 0.15) is 5.51 Å². The van der Waals surface area contributed by atoms with Crippen molar-refractivity contribution < 1.29 is 25.6 Å². The number of rotatable bonds is 6. The predicted molar refractivity (Wildman–Crippen MR) is 94.3 cm³/mol. The smallest absolute Gasteiger partial charge is 0.263 e. The summed E-state index contributed by atoms with van der Waals surface area (Å²) in [5.41, 5.74) is 1.39. The fraction of sp³-hybridized carbons (Fsp3) is 0. The highest BCUT2D eigenvalue weighted by molar-refractivity contribution is 7.93. The highest BCUT2D eigenvalue weighted by Gasteiger charge is 2.19. The number of nitrogens with one attached hydrogen (secondary N) is 2. The number of aromatic nitrogens is 2. The van der Waals surface area contributed by atoms with E-state index in [4.69, 9.17) is 0 Å². The number of hydrogen-bond donors (Lipinski definition) is 2. The van der Waals surface area contributed by atoms with Crippen molar-refractivity contribution >= 4 is 42.2 Å². The molecule has 0 amide bonds. The first-order valence-electron chi connectivity index (χ1n) is 7.04. The first kappa shape index (κ1) is 19.1. The molecule has 3 rings (SSSR count). The van der Waals surface area contributed by atoms with Gasteiger partial charge in [0, 0.05) is 5.69 Å². The van der Waals surface area contributed by atoms with Crippen LogP contribution in [0.25, 0.3) is 0 Å². The van der Waals surface area contributed by atoms with Crippen molar-refractivity contribution in [2.24, 2.45) is 0 Å². The Morgan fingerprint density at radius 1 is 0.815 bits per heavy atom. The zero-order chi connectivity index (χ0) is 19.7. The quantitative estimate of drug-likeness (QED) is 0.618. The van der Waals surface area contributed by atoms with Crippen molar-refractivity contribution in [3.63, 3.8) is 0 Å². The Morgan fingerprint density at radius 3 is 2.04 bits per heavy atom. The summed E-state index contributed by atoms with van der Waals surface area (Å²) in [7, 11) is -8.10. The van der Waals surface area contributed by atoms with Gasteiger partial charge in [0.15, 0.2) is 11.6 Å². The Bertz CT molecular complexity index is 1170. The van der Waals surface area contributed by atoms with Crippen LogP contribution in [-0.4, -0.2) is 27.0 Å². The summed E-state index contributed by atoms with van der Waals surface area (Å²) in [6.45, 7) is 0. The molecule has 0 atom stereocenters. The van der Waals surface area contributed by atoms with Crippen LogP contribution in [0, 0.1) is 11.6 Å². The minimum atomic E-state index is -4.18. The molecule has 3 aromatic rings. The van der Waals surface area contributed by atoms with E-state index >= 15 is 0 Å². The van der Waals surface area contributed by atoms with E-state index < -0.39 is 36.6 Å². The third-order valence-electron chi connectivity index (χ3n) is 3.20. The Morgan fingerprint density at radius 2 is 1.44 bits per heavy atom. The topological polar surface area (TPSA) is 118 Å². The number of halogens is 2. The highest BCUT2D eigenvalue weighted by atomic mass is 32.2. The molecule has 27 heavy (non-hydrogen) atoms. The van der Waals surface area contributed by atoms with Gasteiger partial charge in [-0.15, -0.1) is 10.2 Å². The van der Waals surface area contributed by atoms with Gasteiger partial charge in [-0.25, -0.2) is 25.6 Å². The van der Waals surface area contributed by atoms with Crippen LogP contribution in [0.5, 0.6) is 0 Å². The lowest BCUT2D eigenvalue weighted by molar-refractivity contribution is 0.504. The normalized spacial score (nSPS) is 11.9. The van der Waals surface area contributed by atoms with Crippen molar-refractivity contribution in [1.82, 2.24) is 10.2 Å². The lowest BCUT2D eigenvalue weighted by Gasteiger charge is -2.10. The molecule has 0 saturated heterocycles. The summed E-state index contributed by atoms with van der Waals surface area (Å²) >= 11 is 0.994. The van der Waals surface area contributed by atoms with Crippen LogP contribution in [0.2, 0.25) is 0 Å². The third-order valence-corrected chi connectivity index (χ3v) is 6.67. The van der Waals surface area contributed by atoms with Crippen LogP contribution in [0.4, 0.5) is 19.6 Å². The maximum atomic E-state index is 13.2. The maximum Gasteiger partial charge on any atom is 0.263 e. The average Bonchev–Trinajstić information content (AvgIpc) is 3.09. The first-order chi connectivity index (χ1) is 12.7. The molecule has 142 valence electrons. The van der Waals surface area contributed by atoms with Crippen LogP contribution < -0.4 is 9.44 Å². The van der Waals surface area contributed by atoms with Crippen molar-refractivity contribution in [2.75, 3.05) is 9.44 Å². The Kier molecular flexibility index (Phi) is 5.08. The van der Waals surface area contributed by atoms with E-state index in [0.717, 1.165) is 17.4 Å². The Hall–Kier alpha value is -2.64. The molecular formula is C14H10F2N4O4S3. The Labute approximate surface area is 157 Å². The van der Waals surface area contributed by atoms with E-state index in [1.165, 1.54) is 29.8 Å². The SMILES string of the molecule is O=S(=O)(Nc1ccc(S(=O)(=O)Nc2nncs2)cc1)c1ccc(F)c(F)c1. The van der Waals surface area contributed by atoms with E-state index in [9.17, 15) is 25.6 Å². The van der Waals surface area contributed by atoms with Gasteiger partial charge in [-0.1, -0.05) is 11.3 Å². The van der Waals surface area contributed by atoms with Crippen molar-refractivity contribution in [2.45, 2.75) is 9.79 Å². The predicted octanol–water partition coefficient (Wildman–Crippen LogP) is 2.42. The zero-order valence-corrected chi connectivity index (χ0v) is 15.6. The molecule has 8 nitrogen and oxygen atoms in total. The highest BCUT2D eigenvalue weighted by Crippen LogP contribution is 2.21. The second-order valence-electron chi connectivity index (χ2n) is 5.06. The molecule has 0 aliphatic carbocycles. The molecule has 0 saturated carbocycles. The van der Waals surface area contributed by atoms with Gasteiger partial charge in [-0.2, -0.15) is 0 Å². The van der Waals surface area contributed by atoms with E-state index in [1.807, 2.05) is 0 Å².